The summed E-state index contributed by atoms with van der Waals surface area (Å²) in [5, 5.41) is 0.450. The van der Waals surface area contributed by atoms with Gasteiger partial charge in [0.1, 0.15) is 17.3 Å². The van der Waals surface area contributed by atoms with Crippen molar-refractivity contribution in [2.24, 2.45) is 0 Å². The molecule has 1 aromatic heterocycles. The van der Waals surface area contributed by atoms with E-state index in [2.05, 4.69) is 9.88 Å². The third-order valence-corrected chi connectivity index (χ3v) is 4.83. The van der Waals surface area contributed by atoms with Gasteiger partial charge >= 0.3 is 0 Å². The van der Waals surface area contributed by atoms with Gasteiger partial charge in [-0.25, -0.2) is 4.39 Å². The predicted octanol–water partition coefficient (Wildman–Crippen LogP) is 3.28. The number of H-pyrrole nitrogens is 1. The quantitative estimate of drug-likeness (QED) is 0.786. The molecule has 1 aliphatic rings. The molecule has 0 bridgehead atoms. The summed E-state index contributed by atoms with van der Waals surface area (Å²) in [7, 11) is 1.65. The average molecular weight is 353 g/mol. The van der Waals surface area contributed by atoms with Gasteiger partial charge < -0.3 is 19.5 Å². The molecule has 1 amide bonds. The van der Waals surface area contributed by atoms with Crippen LogP contribution in [-0.2, 0) is 0 Å². The number of anilines is 1. The first kappa shape index (κ1) is 16.4. The van der Waals surface area contributed by atoms with Gasteiger partial charge in [0.25, 0.3) is 5.91 Å². The first-order valence-corrected chi connectivity index (χ1v) is 8.61. The molecule has 2 aromatic carbocycles. The van der Waals surface area contributed by atoms with Crippen molar-refractivity contribution in [3.63, 3.8) is 0 Å². The Balaban J connectivity index is 1.46. The number of carbonyl (C=O) groups is 1. The number of benzene rings is 2. The van der Waals surface area contributed by atoms with E-state index in [1.807, 2.05) is 24.3 Å². The molecule has 1 N–H and O–H groups in total. The number of aromatic amines is 1. The number of rotatable bonds is 3. The number of fused-ring (bicyclic) bond motifs is 1. The van der Waals surface area contributed by atoms with E-state index in [-0.39, 0.29) is 11.7 Å². The molecule has 134 valence electrons. The zero-order valence-electron chi connectivity index (χ0n) is 14.5. The van der Waals surface area contributed by atoms with Gasteiger partial charge in [0.15, 0.2) is 0 Å². The van der Waals surface area contributed by atoms with Crippen LogP contribution in [0.1, 0.15) is 10.5 Å². The third kappa shape index (κ3) is 2.98. The summed E-state index contributed by atoms with van der Waals surface area (Å²) in [4.78, 5) is 19.8. The molecule has 6 heteroatoms. The molecule has 0 radical (unpaired) electrons. The van der Waals surface area contributed by atoms with Crippen LogP contribution in [0.25, 0.3) is 10.9 Å². The molecular formula is C20H20FN3O2. The Labute approximate surface area is 151 Å². The van der Waals surface area contributed by atoms with Crippen LogP contribution in [0.4, 0.5) is 10.1 Å². The highest BCUT2D eigenvalue weighted by molar-refractivity contribution is 5.98. The number of nitrogens with zero attached hydrogens (tertiary/aromatic N) is 2. The summed E-state index contributed by atoms with van der Waals surface area (Å²) in [6, 6.07) is 14.3. The lowest BCUT2D eigenvalue weighted by atomic mass is 10.2. The average Bonchev–Trinajstić information content (AvgIpc) is 3.13. The van der Waals surface area contributed by atoms with E-state index in [1.54, 1.807) is 30.2 Å². The monoisotopic (exact) mass is 353 g/mol. The van der Waals surface area contributed by atoms with E-state index in [0.29, 0.717) is 29.7 Å². The summed E-state index contributed by atoms with van der Waals surface area (Å²) in [6.45, 7) is 2.72. The molecule has 0 saturated carbocycles. The lowest BCUT2D eigenvalue weighted by Gasteiger charge is -2.36. The smallest absolute Gasteiger partial charge is 0.270 e. The van der Waals surface area contributed by atoms with Crippen LogP contribution in [0, 0.1) is 5.82 Å². The number of hydrogen-bond acceptors (Lipinski definition) is 3. The predicted molar refractivity (Wildman–Crippen MR) is 99.4 cm³/mol. The van der Waals surface area contributed by atoms with Crippen LogP contribution in [0.5, 0.6) is 5.75 Å². The van der Waals surface area contributed by atoms with Gasteiger partial charge in [0, 0.05) is 48.8 Å². The first-order chi connectivity index (χ1) is 12.7. The number of ether oxygens (including phenoxy) is 1. The molecule has 1 saturated heterocycles. The van der Waals surface area contributed by atoms with E-state index >= 15 is 0 Å². The van der Waals surface area contributed by atoms with Crippen LogP contribution in [0.2, 0.25) is 0 Å². The summed E-state index contributed by atoms with van der Waals surface area (Å²) < 4.78 is 19.1. The SMILES string of the molecule is COc1cccc(N2CCN(C(=O)c3cc4c(F)cccc4[nH]3)CC2)c1. The minimum Gasteiger partial charge on any atom is -0.497 e. The van der Waals surface area contributed by atoms with Crippen LogP contribution < -0.4 is 9.64 Å². The topological polar surface area (TPSA) is 48.6 Å². The molecule has 4 rings (SSSR count). The van der Waals surface area contributed by atoms with E-state index in [1.165, 1.54) is 6.07 Å². The van der Waals surface area contributed by atoms with Crippen molar-refractivity contribution in [1.82, 2.24) is 9.88 Å². The van der Waals surface area contributed by atoms with Crippen molar-refractivity contribution < 1.29 is 13.9 Å². The molecule has 5 nitrogen and oxygen atoms in total. The molecule has 3 aromatic rings. The second-order valence-corrected chi connectivity index (χ2v) is 6.36. The summed E-state index contributed by atoms with van der Waals surface area (Å²) in [6.07, 6.45) is 0. The first-order valence-electron chi connectivity index (χ1n) is 8.61. The summed E-state index contributed by atoms with van der Waals surface area (Å²) >= 11 is 0. The largest absolute Gasteiger partial charge is 0.497 e. The molecule has 1 aliphatic heterocycles. The standard InChI is InChI=1S/C20H20FN3O2/c1-26-15-5-2-4-14(12-15)23-8-10-24(11-9-23)20(25)19-13-16-17(21)6-3-7-18(16)22-19/h2-7,12-13,22H,8-11H2,1H3. The number of methoxy groups -OCH3 is 1. The van der Waals surface area contributed by atoms with Crippen LogP contribution in [0.15, 0.2) is 48.5 Å². The van der Waals surface area contributed by atoms with Gasteiger partial charge in [-0.2, -0.15) is 0 Å². The molecule has 0 spiro atoms. The van der Waals surface area contributed by atoms with Crippen molar-refractivity contribution >= 4 is 22.5 Å². The molecule has 0 aliphatic carbocycles. The highest BCUT2D eigenvalue weighted by Crippen LogP contribution is 2.23. The summed E-state index contributed by atoms with van der Waals surface area (Å²) in [5.41, 5.74) is 2.16. The lowest BCUT2D eigenvalue weighted by molar-refractivity contribution is 0.0742. The second-order valence-electron chi connectivity index (χ2n) is 6.36. The maximum absolute atomic E-state index is 13.8. The zero-order chi connectivity index (χ0) is 18.1. The van der Waals surface area contributed by atoms with Crippen molar-refractivity contribution in [3.8, 4) is 5.75 Å². The van der Waals surface area contributed by atoms with Crippen LogP contribution in [0.3, 0.4) is 0 Å². The van der Waals surface area contributed by atoms with Gasteiger partial charge in [-0.1, -0.05) is 12.1 Å². The number of amides is 1. The Kier molecular flexibility index (Phi) is 4.24. The molecule has 26 heavy (non-hydrogen) atoms. The Hall–Kier alpha value is -3.02. The van der Waals surface area contributed by atoms with E-state index in [9.17, 15) is 9.18 Å². The maximum atomic E-state index is 13.8. The fourth-order valence-electron chi connectivity index (χ4n) is 3.38. The highest BCUT2D eigenvalue weighted by Gasteiger charge is 2.24. The zero-order valence-corrected chi connectivity index (χ0v) is 14.5. The molecule has 0 unspecified atom stereocenters. The highest BCUT2D eigenvalue weighted by atomic mass is 19.1. The Bertz CT molecular complexity index is 945. The fraction of sp³-hybridized carbons (Fsp3) is 0.250. The van der Waals surface area contributed by atoms with Crippen molar-refractivity contribution in [2.75, 3.05) is 38.2 Å². The second kappa shape index (κ2) is 6.71. The minimum atomic E-state index is -0.319. The molecule has 0 atom stereocenters. The number of halogens is 1. The number of aromatic nitrogens is 1. The van der Waals surface area contributed by atoms with Gasteiger partial charge in [0.2, 0.25) is 0 Å². The van der Waals surface area contributed by atoms with E-state index < -0.39 is 0 Å². The van der Waals surface area contributed by atoms with Crippen LogP contribution in [-0.4, -0.2) is 49.1 Å². The fourth-order valence-corrected chi connectivity index (χ4v) is 3.38. The third-order valence-electron chi connectivity index (χ3n) is 4.83. The van der Waals surface area contributed by atoms with Crippen molar-refractivity contribution in [3.05, 3.63) is 60.0 Å². The van der Waals surface area contributed by atoms with Crippen molar-refractivity contribution in [1.29, 1.82) is 0 Å². The normalized spacial score (nSPS) is 14.7. The minimum absolute atomic E-state index is 0.0918. The van der Waals surface area contributed by atoms with Gasteiger partial charge in [0.05, 0.1) is 7.11 Å². The lowest BCUT2D eigenvalue weighted by Crippen LogP contribution is -2.48. The molecule has 1 fully saturated rings. The Morgan fingerprint density at radius 2 is 1.85 bits per heavy atom. The number of carbonyl (C=O) groups excluding carboxylic acids is 1. The number of nitrogens with one attached hydrogen (secondary N) is 1. The number of hydrogen-bond donors (Lipinski definition) is 1. The Morgan fingerprint density at radius 3 is 2.58 bits per heavy atom. The summed E-state index contributed by atoms with van der Waals surface area (Å²) in [5.74, 6) is 0.410. The van der Waals surface area contributed by atoms with E-state index in [4.69, 9.17) is 4.74 Å². The van der Waals surface area contributed by atoms with Gasteiger partial charge in [-0.15, -0.1) is 0 Å². The maximum Gasteiger partial charge on any atom is 0.270 e. The molecular weight excluding hydrogens is 333 g/mol. The molecule has 2 heterocycles. The van der Waals surface area contributed by atoms with Gasteiger partial charge in [-0.05, 0) is 30.3 Å². The number of piperazine rings is 1. The van der Waals surface area contributed by atoms with Gasteiger partial charge in [-0.3, -0.25) is 4.79 Å². The van der Waals surface area contributed by atoms with Crippen molar-refractivity contribution in [2.45, 2.75) is 0 Å². The van der Waals surface area contributed by atoms with E-state index in [0.717, 1.165) is 24.5 Å². The Morgan fingerprint density at radius 1 is 1.08 bits per heavy atom. The van der Waals surface area contributed by atoms with Crippen LogP contribution >= 0.6 is 0 Å².